The molecule has 0 amide bonds. The number of Topliss-reactive ketones (excluding diaryl/α,β-unsaturated/α-hetero) is 1. The molecule has 2 rings (SSSR count). The molecule has 118 valence electrons. The Morgan fingerprint density at radius 3 is 2.48 bits per heavy atom. The van der Waals surface area contributed by atoms with Gasteiger partial charge < -0.3 is 4.90 Å². The van der Waals surface area contributed by atoms with Crippen LogP contribution in [0, 0.1) is 0 Å². The van der Waals surface area contributed by atoms with Crippen molar-refractivity contribution in [2.75, 3.05) is 13.6 Å². The van der Waals surface area contributed by atoms with Gasteiger partial charge in [-0.3, -0.25) is 4.79 Å². The van der Waals surface area contributed by atoms with Crippen LogP contribution in [-0.2, 0) is 0 Å². The molecule has 0 atom stereocenters. The van der Waals surface area contributed by atoms with E-state index in [9.17, 15) is 4.79 Å². The number of hydrogen-bond acceptors (Lipinski definition) is 2. The maximum Gasteiger partial charge on any atom is 0.164 e. The summed E-state index contributed by atoms with van der Waals surface area (Å²) in [5, 5.41) is 0.931. The third-order valence-electron chi connectivity index (χ3n) is 4.13. The lowest BCUT2D eigenvalue weighted by molar-refractivity contribution is 0.0952. The molecule has 0 bridgehead atoms. The summed E-state index contributed by atoms with van der Waals surface area (Å²) in [6.45, 7) is 0.809. The Balaban J connectivity index is 0.00000220. The highest BCUT2D eigenvalue weighted by Gasteiger charge is 2.18. The van der Waals surface area contributed by atoms with Gasteiger partial charge >= 0.3 is 0 Å². The average Bonchev–Trinajstić information content (AvgIpc) is 2.48. The summed E-state index contributed by atoms with van der Waals surface area (Å²) < 4.78 is 0. The predicted octanol–water partition coefficient (Wildman–Crippen LogP) is 5.25. The SMILES string of the molecule is CN(CCC(=O)c1ccc(Cl)c(Cl)c1)C1CCCCC1.Cl. The van der Waals surface area contributed by atoms with Crippen molar-refractivity contribution in [3.8, 4) is 0 Å². The predicted molar refractivity (Wildman–Crippen MR) is 92.2 cm³/mol. The third kappa shape index (κ3) is 5.45. The number of halogens is 3. The molecule has 0 saturated heterocycles. The van der Waals surface area contributed by atoms with Crippen LogP contribution in [-0.4, -0.2) is 30.3 Å². The second-order valence-corrected chi connectivity index (χ2v) is 6.39. The van der Waals surface area contributed by atoms with Crippen LogP contribution in [0.2, 0.25) is 10.0 Å². The van der Waals surface area contributed by atoms with Crippen molar-refractivity contribution >= 4 is 41.4 Å². The first-order chi connectivity index (χ1) is 9.58. The van der Waals surface area contributed by atoms with E-state index < -0.39 is 0 Å². The Labute approximate surface area is 143 Å². The fourth-order valence-corrected chi connectivity index (χ4v) is 3.09. The van der Waals surface area contributed by atoms with Crippen molar-refractivity contribution in [1.29, 1.82) is 0 Å². The van der Waals surface area contributed by atoms with Crippen LogP contribution in [0.4, 0.5) is 0 Å². The van der Waals surface area contributed by atoms with Crippen molar-refractivity contribution in [2.45, 2.75) is 44.6 Å². The molecule has 1 aromatic rings. The lowest BCUT2D eigenvalue weighted by Gasteiger charge is -2.30. The largest absolute Gasteiger partial charge is 0.303 e. The van der Waals surface area contributed by atoms with Crippen molar-refractivity contribution in [1.82, 2.24) is 4.90 Å². The molecule has 0 aromatic heterocycles. The summed E-state index contributed by atoms with van der Waals surface area (Å²) in [6, 6.07) is 5.73. The van der Waals surface area contributed by atoms with E-state index in [4.69, 9.17) is 23.2 Å². The third-order valence-corrected chi connectivity index (χ3v) is 4.87. The van der Waals surface area contributed by atoms with Gasteiger partial charge in [-0.05, 0) is 38.1 Å². The number of benzene rings is 1. The van der Waals surface area contributed by atoms with Gasteiger partial charge in [-0.15, -0.1) is 12.4 Å². The molecule has 1 saturated carbocycles. The first-order valence-corrected chi connectivity index (χ1v) is 8.02. The summed E-state index contributed by atoms with van der Waals surface area (Å²) >= 11 is 11.8. The second-order valence-electron chi connectivity index (χ2n) is 5.57. The Hall–Kier alpha value is -0.280. The molecule has 2 nitrogen and oxygen atoms in total. The van der Waals surface area contributed by atoms with Gasteiger partial charge in [0.25, 0.3) is 0 Å². The first-order valence-electron chi connectivity index (χ1n) is 7.26. The second kappa shape index (κ2) is 8.99. The van der Waals surface area contributed by atoms with Gasteiger partial charge in [-0.25, -0.2) is 0 Å². The molecule has 21 heavy (non-hydrogen) atoms. The molecular weight excluding hydrogens is 329 g/mol. The van der Waals surface area contributed by atoms with Crippen LogP contribution in [0.5, 0.6) is 0 Å². The summed E-state index contributed by atoms with van der Waals surface area (Å²) in [6.07, 6.45) is 7.04. The zero-order valence-corrected chi connectivity index (χ0v) is 14.6. The maximum absolute atomic E-state index is 12.2. The van der Waals surface area contributed by atoms with Gasteiger partial charge in [-0.1, -0.05) is 42.5 Å². The Kier molecular flexibility index (Phi) is 8.04. The molecule has 0 radical (unpaired) electrons. The van der Waals surface area contributed by atoms with E-state index in [0.29, 0.717) is 28.1 Å². The van der Waals surface area contributed by atoms with Crippen LogP contribution in [0.3, 0.4) is 0 Å². The Morgan fingerprint density at radius 1 is 1.19 bits per heavy atom. The van der Waals surface area contributed by atoms with Gasteiger partial charge in [0.2, 0.25) is 0 Å². The van der Waals surface area contributed by atoms with Gasteiger partial charge in [0, 0.05) is 24.6 Å². The molecule has 1 aromatic carbocycles. The van der Waals surface area contributed by atoms with Gasteiger partial charge in [0.1, 0.15) is 0 Å². The molecule has 1 aliphatic rings. The molecule has 0 heterocycles. The zero-order valence-electron chi connectivity index (χ0n) is 12.3. The minimum absolute atomic E-state index is 0. The van der Waals surface area contributed by atoms with E-state index in [1.54, 1.807) is 18.2 Å². The van der Waals surface area contributed by atoms with E-state index in [2.05, 4.69) is 11.9 Å². The Bertz CT molecular complexity index is 473. The average molecular weight is 351 g/mol. The minimum Gasteiger partial charge on any atom is -0.303 e. The van der Waals surface area contributed by atoms with Crippen LogP contribution < -0.4 is 0 Å². The molecule has 5 heteroatoms. The lowest BCUT2D eigenvalue weighted by atomic mass is 9.94. The summed E-state index contributed by atoms with van der Waals surface area (Å²) in [7, 11) is 2.12. The van der Waals surface area contributed by atoms with Crippen LogP contribution in [0.15, 0.2) is 18.2 Å². The minimum atomic E-state index is 0. The van der Waals surface area contributed by atoms with Crippen molar-refractivity contribution in [3.63, 3.8) is 0 Å². The van der Waals surface area contributed by atoms with Crippen LogP contribution in [0.25, 0.3) is 0 Å². The van der Waals surface area contributed by atoms with Crippen molar-refractivity contribution in [3.05, 3.63) is 33.8 Å². The highest BCUT2D eigenvalue weighted by molar-refractivity contribution is 6.42. The zero-order chi connectivity index (χ0) is 14.5. The Morgan fingerprint density at radius 2 is 1.86 bits per heavy atom. The highest BCUT2D eigenvalue weighted by atomic mass is 35.5. The van der Waals surface area contributed by atoms with Crippen molar-refractivity contribution in [2.24, 2.45) is 0 Å². The van der Waals surface area contributed by atoms with Crippen molar-refractivity contribution < 1.29 is 4.79 Å². The fraction of sp³-hybridized carbons (Fsp3) is 0.562. The number of carbonyl (C=O) groups is 1. The lowest BCUT2D eigenvalue weighted by Crippen LogP contribution is -2.34. The molecular formula is C16H22Cl3NO. The normalized spacial score (nSPS) is 15.8. The van der Waals surface area contributed by atoms with Crippen LogP contribution in [0.1, 0.15) is 48.9 Å². The summed E-state index contributed by atoms with van der Waals surface area (Å²) in [5.74, 6) is 0.131. The van der Waals surface area contributed by atoms with Gasteiger partial charge in [0.05, 0.1) is 10.0 Å². The summed E-state index contributed by atoms with van der Waals surface area (Å²) in [4.78, 5) is 14.5. The van der Waals surface area contributed by atoms with Gasteiger partial charge in [-0.2, -0.15) is 0 Å². The molecule has 1 fully saturated rings. The quantitative estimate of drug-likeness (QED) is 0.676. The number of carbonyl (C=O) groups excluding carboxylic acids is 1. The maximum atomic E-state index is 12.2. The van der Waals surface area contributed by atoms with E-state index >= 15 is 0 Å². The van der Waals surface area contributed by atoms with E-state index in [-0.39, 0.29) is 18.2 Å². The standard InChI is InChI=1S/C16H21Cl2NO.ClH/c1-19(13-5-3-2-4-6-13)10-9-16(20)12-7-8-14(17)15(18)11-12;/h7-8,11,13H,2-6,9-10H2,1H3;1H. The first kappa shape index (κ1) is 18.8. The summed E-state index contributed by atoms with van der Waals surface area (Å²) in [5.41, 5.74) is 0.649. The van der Waals surface area contributed by atoms with Crippen LogP contribution >= 0.6 is 35.6 Å². The van der Waals surface area contributed by atoms with E-state index in [1.165, 1.54) is 32.1 Å². The van der Waals surface area contributed by atoms with E-state index in [1.807, 2.05) is 0 Å². The topological polar surface area (TPSA) is 20.3 Å². The number of nitrogens with zero attached hydrogens (tertiary/aromatic N) is 1. The van der Waals surface area contributed by atoms with Gasteiger partial charge in [0.15, 0.2) is 5.78 Å². The number of ketones is 1. The molecule has 0 unspecified atom stereocenters. The monoisotopic (exact) mass is 349 g/mol. The number of rotatable bonds is 5. The fourth-order valence-electron chi connectivity index (χ4n) is 2.80. The smallest absolute Gasteiger partial charge is 0.164 e. The molecule has 0 N–H and O–H groups in total. The molecule has 0 aliphatic heterocycles. The molecule has 0 spiro atoms. The number of hydrogen-bond donors (Lipinski definition) is 0. The molecule has 1 aliphatic carbocycles. The highest BCUT2D eigenvalue weighted by Crippen LogP contribution is 2.24. The van der Waals surface area contributed by atoms with E-state index in [0.717, 1.165) is 6.54 Å².